The lowest BCUT2D eigenvalue weighted by atomic mass is 10.0. The summed E-state index contributed by atoms with van der Waals surface area (Å²) in [6, 6.07) is 0. The van der Waals surface area contributed by atoms with Crippen molar-refractivity contribution in [1.29, 1.82) is 0 Å². The topological polar surface area (TPSA) is 94.8 Å². The molecule has 0 saturated carbocycles. The van der Waals surface area contributed by atoms with Crippen LogP contribution in [0.3, 0.4) is 0 Å². The molecule has 3 N–H and O–H groups in total. The van der Waals surface area contributed by atoms with Gasteiger partial charge in [-0.05, 0) is 20.3 Å². The molecule has 0 rings (SSSR count). The van der Waals surface area contributed by atoms with Crippen molar-refractivity contribution >= 4 is 11.9 Å². The molecule has 0 amide bonds. The summed E-state index contributed by atoms with van der Waals surface area (Å²) in [7, 11) is 0. The number of allylic oxidation sites excluding steroid dienone is 1. The number of aliphatic hydroxyl groups excluding tert-OH is 1. The van der Waals surface area contributed by atoms with Crippen LogP contribution in [-0.2, 0) is 9.59 Å². The fourth-order valence-corrected chi connectivity index (χ4v) is 1.04. The van der Waals surface area contributed by atoms with Crippen LogP contribution in [0.4, 0.5) is 0 Å². The summed E-state index contributed by atoms with van der Waals surface area (Å²) in [5.41, 5.74) is 0.320. The van der Waals surface area contributed by atoms with E-state index in [1.165, 1.54) is 26.0 Å². The molecule has 0 aromatic heterocycles. The van der Waals surface area contributed by atoms with Gasteiger partial charge >= 0.3 is 11.9 Å². The van der Waals surface area contributed by atoms with Gasteiger partial charge in [-0.3, -0.25) is 0 Å². The first kappa shape index (κ1) is 14.4. The van der Waals surface area contributed by atoms with E-state index >= 15 is 0 Å². The summed E-state index contributed by atoms with van der Waals surface area (Å²) in [5.74, 6) is -2.43. The van der Waals surface area contributed by atoms with E-state index in [-0.39, 0.29) is 23.7 Å². The minimum atomic E-state index is -1.04. The summed E-state index contributed by atoms with van der Waals surface area (Å²) in [6.45, 7) is 2.66. The number of hydrogen-bond acceptors (Lipinski definition) is 3. The first-order valence-electron chi connectivity index (χ1n) is 4.81. The van der Waals surface area contributed by atoms with E-state index in [4.69, 9.17) is 15.3 Å². The zero-order chi connectivity index (χ0) is 12.7. The van der Waals surface area contributed by atoms with E-state index in [1.807, 2.05) is 0 Å². The summed E-state index contributed by atoms with van der Waals surface area (Å²) < 4.78 is 0. The number of aliphatic hydroxyl groups is 1. The minimum absolute atomic E-state index is 0.139. The fourth-order valence-electron chi connectivity index (χ4n) is 1.04. The molecule has 0 aromatic rings. The van der Waals surface area contributed by atoms with Crippen molar-refractivity contribution in [2.24, 2.45) is 5.92 Å². The van der Waals surface area contributed by atoms with Crippen molar-refractivity contribution in [2.75, 3.05) is 6.61 Å². The van der Waals surface area contributed by atoms with Gasteiger partial charge in [0.25, 0.3) is 0 Å². The monoisotopic (exact) mass is 228 g/mol. The van der Waals surface area contributed by atoms with Crippen molar-refractivity contribution in [3.05, 3.63) is 23.3 Å². The molecule has 5 heteroatoms. The van der Waals surface area contributed by atoms with Gasteiger partial charge in [0, 0.05) is 23.7 Å². The Labute approximate surface area is 93.7 Å². The third-order valence-electron chi connectivity index (χ3n) is 2.12. The zero-order valence-electron chi connectivity index (χ0n) is 9.30. The van der Waals surface area contributed by atoms with Crippen LogP contribution in [0.25, 0.3) is 0 Å². The van der Waals surface area contributed by atoms with E-state index in [2.05, 4.69) is 0 Å². The molecule has 0 aliphatic heterocycles. The largest absolute Gasteiger partial charge is 0.478 e. The van der Waals surface area contributed by atoms with Gasteiger partial charge in [-0.1, -0.05) is 12.2 Å². The summed E-state index contributed by atoms with van der Waals surface area (Å²) >= 11 is 0. The van der Waals surface area contributed by atoms with Crippen molar-refractivity contribution in [1.82, 2.24) is 0 Å². The van der Waals surface area contributed by atoms with E-state index in [0.717, 1.165) is 0 Å². The average Bonchev–Trinajstić information content (AvgIpc) is 2.22. The number of carboxylic acids is 2. The highest BCUT2D eigenvalue weighted by Gasteiger charge is 2.08. The van der Waals surface area contributed by atoms with Crippen LogP contribution in [0, 0.1) is 5.92 Å². The molecule has 0 aromatic carbocycles. The first-order chi connectivity index (χ1) is 7.38. The van der Waals surface area contributed by atoms with Gasteiger partial charge in [0.15, 0.2) is 0 Å². The Morgan fingerprint density at radius 1 is 1.12 bits per heavy atom. The predicted octanol–water partition coefficient (Wildman–Crippen LogP) is 1.05. The molecule has 0 spiro atoms. The first-order valence-corrected chi connectivity index (χ1v) is 4.81. The smallest absolute Gasteiger partial charge is 0.330 e. The van der Waals surface area contributed by atoms with Crippen LogP contribution in [0.5, 0.6) is 0 Å². The van der Waals surface area contributed by atoms with Crippen LogP contribution >= 0.6 is 0 Å². The highest BCUT2D eigenvalue weighted by Crippen LogP contribution is 2.10. The molecule has 0 radical (unpaired) electrons. The number of hydrogen-bond donors (Lipinski definition) is 3. The van der Waals surface area contributed by atoms with Crippen LogP contribution in [-0.4, -0.2) is 33.9 Å². The second-order valence-electron chi connectivity index (χ2n) is 3.53. The van der Waals surface area contributed by atoms with E-state index in [1.54, 1.807) is 0 Å². The van der Waals surface area contributed by atoms with Gasteiger partial charge in [-0.25, -0.2) is 9.59 Å². The summed E-state index contributed by atoms with van der Waals surface area (Å²) in [6.07, 6.45) is 3.20. The number of rotatable bonds is 6. The van der Waals surface area contributed by atoms with Gasteiger partial charge < -0.3 is 15.3 Å². The molecule has 0 heterocycles. The Kier molecular flexibility index (Phi) is 6.10. The third kappa shape index (κ3) is 5.31. The van der Waals surface area contributed by atoms with Gasteiger partial charge in [-0.15, -0.1) is 0 Å². The molecule has 1 unspecified atom stereocenters. The van der Waals surface area contributed by atoms with Crippen molar-refractivity contribution in [2.45, 2.75) is 20.3 Å². The molecule has 5 nitrogen and oxygen atoms in total. The Hall–Kier alpha value is -1.62. The normalized spacial score (nSPS) is 14.7. The highest BCUT2D eigenvalue weighted by molar-refractivity contribution is 5.86. The summed E-state index contributed by atoms with van der Waals surface area (Å²) in [4.78, 5) is 21.0. The number of carboxylic acid groups (broad SMARTS) is 2. The predicted molar refractivity (Wildman–Crippen MR) is 58.0 cm³/mol. The second-order valence-corrected chi connectivity index (χ2v) is 3.53. The standard InChI is InChI=1S/C11H16O5/c1-7(10(13)14)3-4-9(6-12)5-8(2)11(15)16/h3,5,9,12H,4,6H2,1-2H3,(H,13,14)(H,15,16). The lowest BCUT2D eigenvalue weighted by Gasteiger charge is -2.07. The molecule has 1 atom stereocenters. The Balaban J connectivity index is 4.55. The molecular weight excluding hydrogens is 212 g/mol. The maximum absolute atomic E-state index is 10.5. The Morgan fingerprint density at radius 3 is 2.00 bits per heavy atom. The minimum Gasteiger partial charge on any atom is -0.478 e. The second kappa shape index (κ2) is 6.79. The molecule has 0 aliphatic rings. The molecule has 0 aliphatic carbocycles. The molecule has 0 fully saturated rings. The van der Waals surface area contributed by atoms with Crippen LogP contribution in [0.15, 0.2) is 23.3 Å². The Morgan fingerprint density at radius 2 is 1.62 bits per heavy atom. The molecule has 0 saturated heterocycles. The molecular formula is C11H16O5. The van der Waals surface area contributed by atoms with Crippen LogP contribution in [0.1, 0.15) is 20.3 Å². The van der Waals surface area contributed by atoms with Gasteiger partial charge in [0.05, 0.1) is 0 Å². The zero-order valence-corrected chi connectivity index (χ0v) is 9.30. The quantitative estimate of drug-likeness (QED) is 0.590. The maximum Gasteiger partial charge on any atom is 0.330 e. The lowest BCUT2D eigenvalue weighted by molar-refractivity contribution is -0.133. The molecule has 16 heavy (non-hydrogen) atoms. The Bertz CT molecular complexity index is 327. The van der Waals surface area contributed by atoms with E-state index < -0.39 is 11.9 Å². The number of carbonyl (C=O) groups is 2. The maximum atomic E-state index is 10.5. The molecule has 0 bridgehead atoms. The lowest BCUT2D eigenvalue weighted by Crippen LogP contribution is -2.06. The van der Waals surface area contributed by atoms with Crippen molar-refractivity contribution in [3.63, 3.8) is 0 Å². The van der Waals surface area contributed by atoms with Crippen LogP contribution in [0.2, 0.25) is 0 Å². The fraction of sp³-hybridized carbons (Fsp3) is 0.455. The third-order valence-corrected chi connectivity index (χ3v) is 2.12. The van der Waals surface area contributed by atoms with Crippen molar-refractivity contribution in [3.8, 4) is 0 Å². The van der Waals surface area contributed by atoms with Gasteiger partial charge in [-0.2, -0.15) is 0 Å². The average molecular weight is 228 g/mol. The van der Waals surface area contributed by atoms with Crippen LogP contribution < -0.4 is 0 Å². The van der Waals surface area contributed by atoms with Gasteiger partial charge in [0.2, 0.25) is 0 Å². The van der Waals surface area contributed by atoms with E-state index in [9.17, 15) is 9.59 Å². The van der Waals surface area contributed by atoms with E-state index in [0.29, 0.717) is 6.42 Å². The highest BCUT2D eigenvalue weighted by atomic mass is 16.4. The van der Waals surface area contributed by atoms with Gasteiger partial charge in [0.1, 0.15) is 0 Å². The SMILES string of the molecule is CC(=CCC(C=C(C)C(=O)O)CO)C(=O)O. The number of aliphatic carboxylic acids is 2. The summed E-state index contributed by atoms with van der Waals surface area (Å²) in [5, 5.41) is 26.2. The van der Waals surface area contributed by atoms with Crippen molar-refractivity contribution < 1.29 is 24.9 Å². The molecule has 90 valence electrons.